The summed E-state index contributed by atoms with van der Waals surface area (Å²) in [6.45, 7) is 4.65. The van der Waals surface area contributed by atoms with E-state index in [0.29, 0.717) is 18.7 Å². The Balaban J connectivity index is 2.77. The summed E-state index contributed by atoms with van der Waals surface area (Å²) < 4.78 is 0. The molecule has 1 heterocycles. The number of carboxylic acid groups (broad SMARTS) is 1. The normalized spacial score (nSPS) is 10.1. The van der Waals surface area contributed by atoms with Crippen molar-refractivity contribution in [3.8, 4) is 6.07 Å². The molecule has 0 unspecified atom stereocenters. The highest BCUT2D eigenvalue weighted by Crippen LogP contribution is 2.15. The molecule has 0 spiro atoms. The summed E-state index contributed by atoms with van der Waals surface area (Å²) in [7, 11) is 0. The minimum Gasteiger partial charge on any atom is -0.481 e. The lowest BCUT2D eigenvalue weighted by Crippen LogP contribution is -2.32. The van der Waals surface area contributed by atoms with Crippen LogP contribution in [-0.4, -0.2) is 28.6 Å². The topological polar surface area (TPSA) is 77.2 Å². The molecule has 0 radical (unpaired) electrons. The fraction of sp³-hybridized carbons (Fsp3) is 0.462. The molecule has 1 aromatic rings. The van der Waals surface area contributed by atoms with Gasteiger partial charge in [0.15, 0.2) is 0 Å². The van der Waals surface area contributed by atoms with E-state index in [1.807, 2.05) is 30.9 Å². The first-order valence-electron chi connectivity index (χ1n) is 5.90. The van der Waals surface area contributed by atoms with Gasteiger partial charge in [-0.25, -0.2) is 4.98 Å². The number of hydrogen-bond acceptors (Lipinski definition) is 4. The quantitative estimate of drug-likeness (QED) is 0.832. The van der Waals surface area contributed by atoms with Gasteiger partial charge in [0.05, 0.1) is 0 Å². The van der Waals surface area contributed by atoms with E-state index >= 15 is 0 Å². The van der Waals surface area contributed by atoms with Crippen LogP contribution in [-0.2, 0) is 4.79 Å². The Bertz CT molecular complexity index is 452. The van der Waals surface area contributed by atoms with Crippen molar-refractivity contribution in [2.24, 2.45) is 0 Å². The minimum absolute atomic E-state index is 0.140. The molecule has 0 fully saturated rings. The van der Waals surface area contributed by atoms with E-state index in [-0.39, 0.29) is 12.5 Å². The number of aliphatic carboxylic acids is 1. The monoisotopic (exact) mass is 247 g/mol. The molecule has 0 bridgehead atoms. The van der Waals surface area contributed by atoms with Crippen molar-refractivity contribution in [3.05, 3.63) is 23.9 Å². The van der Waals surface area contributed by atoms with Crippen LogP contribution in [0.25, 0.3) is 0 Å². The Morgan fingerprint density at radius 3 is 2.83 bits per heavy atom. The summed E-state index contributed by atoms with van der Waals surface area (Å²) in [6.07, 6.45) is 0.702. The number of rotatable bonds is 6. The number of nitrogens with zero attached hydrogens (tertiary/aromatic N) is 3. The van der Waals surface area contributed by atoms with E-state index < -0.39 is 5.97 Å². The Hall–Kier alpha value is -2.09. The Morgan fingerprint density at radius 1 is 1.56 bits per heavy atom. The lowest BCUT2D eigenvalue weighted by molar-refractivity contribution is -0.137. The first kappa shape index (κ1) is 14.0. The molecule has 0 atom stereocenters. The summed E-state index contributed by atoms with van der Waals surface area (Å²) in [5, 5.41) is 17.5. The third-order valence-electron chi connectivity index (χ3n) is 2.56. The summed E-state index contributed by atoms with van der Waals surface area (Å²) in [5.74, 6) is -0.0770. The summed E-state index contributed by atoms with van der Waals surface area (Å²) in [5.41, 5.74) is 0.372. The van der Waals surface area contributed by atoms with Gasteiger partial charge in [0.25, 0.3) is 0 Å². The van der Waals surface area contributed by atoms with E-state index in [1.165, 1.54) is 0 Å². The van der Waals surface area contributed by atoms with Crippen molar-refractivity contribution in [2.75, 3.05) is 11.4 Å². The number of carbonyl (C=O) groups is 1. The Morgan fingerprint density at radius 2 is 2.28 bits per heavy atom. The van der Waals surface area contributed by atoms with Crippen LogP contribution in [0.3, 0.4) is 0 Å². The van der Waals surface area contributed by atoms with Gasteiger partial charge < -0.3 is 10.0 Å². The van der Waals surface area contributed by atoms with Crippen LogP contribution in [0, 0.1) is 11.3 Å². The van der Waals surface area contributed by atoms with Gasteiger partial charge in [0.1, 0.15) is 17.6 Å². The van der Waals surface area contributed by atoms with Crippen molar-refractivity contribution in [1.29, 1.82) is 5.26 Å². The van der Waals surface area contributed by atoms with Crippen LogP contribution in [0.1, 0.15) is 32.4 Å². The molecule has 1 N–H and O–H groups in total. The second-order valence-corrected chi connectivity index (χ2v) is 4.28. The lowest BCUT2D eigenvalue weighted by Gasteiger charge is -2.27. The van der Waals surface area contributed by atoms with Crippen molar-refractivity contribution in [2.45, 2.75) is 32.7 Å². The number of hydrogen-bond donors (Lipinski definition) is 1. The zero-order valence-corrected chi connectivity index (χ0v) is 10.6. The van der Waals surface area contributed by atoms with Crippen molar-refractivity contribution < 1.29 is 9.90 Å². The van der Waals surface area contributed by atoms with Gasteiger partial charge in [0, 0.05) is 19.0 Å². The predicted molar refractivity (Wildman–Crippen MR) is 68.3 cm³/mol. The van der Waals surface area contributed by atoms with Crippen LogP contribution in [0.5, 0.6) is 0 Å². The zero-order valence-electron chi connectivity index (χ0n) is 10.6. The SMILES string of the molecule is CC(C)N(CCCC(=O)O)c1cccc(C#N)n1. The van der Waals surface area contributed by atoms with Crippen molar-refractivity contribution in [1.82, 2.24) is 4.98 Å². The molecule has 5 heteroatoms. The van der Waals surface area contributed by atoms with Crippen LogP contribution in [0.15, 0.2) is 18.2 Å². The third kappa shape index (κ3) is 4.06. The van der Waals surface area contributed by atoms with Crippen LogP contribution in [0.2, 0.25) is 0 Å². The third-order valence-corrected chi connectivity index (χ3v) is 2.56. The molecule has 0 aliphatic rings. The van der Waals surface area contributed by atoms with Crippen molar-refractivity contribution >= 4 is 11.8 Å². The second kappa shape index (κ2) is 6.60. The van der Waals surface area contributed by atoms with E-state index in [9.17, 15) is 4.79 Å². The van der Waals surface area contributed by atoms with Crippen LogP contribution >= 0.6 is 0 Å². The van der Waals surface area contributed by atoms with Gasteiger partial charge >= 0.3 is 5.97 Å². The molecule has 0 aliphatic carbocycles. The minimum atomic E-state index is -0.794. The fourth-order valence-electron chi connectivity index (χ4n) is 1.68. The molecule has 18 heavy (non-hydrogen) atoms. The average molecular weight is 247 g/mol. The van der Waals surface area contributed by atoms with E-state index in [4.69, 9.17) is 10.4 Å². The standard InChI is InChI=1S/C13H17N3O2/c1-10(2)16(8-4-7-13(17)18)12-6-3-5-11(9-14)15-12/h3,5-6,10H,4,7-8H2,1-2H3,(H,17,18). The number of carboxylic acids is 1. The molecule has 0 aromatic carbocycles. The van der Waals surface area contributed by atoms with Crippen molar-refractivity contribution in [3.63, 3.8) is 0 Å². The second-order valence-electron chi connectivity index (χ2n) is 4.28. The van der Waals surface area contributed by atoms with E-state index in [0.717, 1.165) is 5.82 Å². The van der Waals surface area contributed by atoms with Crippen LogP contribution < -0.4 is 4.90 Å². The summed E-state index contributed by atoms with van der Waals surface area (Å²) in [4.78, 5) is 16.7. The molecular weight excluding hydrogens is 230 g/mol. The highest BCUT2D eigenvalue weighted by Gasteiger charge is 2.12. The Kier molecular flexibility index (Phi) is 5.12. The zero-order chi connectivity index (χ0) is 13.5. The first-order valence-corrected chi connectivity index (χ1v) is 5.90. The molecule has 96 valence electrons. The molecule has 0 amide bonds. The lowest BCUT2D eigenvalue weighted by atomic mass is 10.2. The molecule has 5 nitrogen and oxygen atoms in total. The van der Waals surface area contributed by atoms with E-state index in [1.54, 1.807) is 12.1 Å². The van der Waals surface area contributed by atoms with Crippen LogP contribution in [0.4, 0.5) is 5.82 Å². The molecule has 1 aromatic heterocycles. The van der Waals surface area contributed by atoms with Gasteiger partial charge in [-0.15, -0.1) is 0 Å². The number of anilines is 1. The first-order chi connectivity index (χ1) is 8.54. The predicted octanol–water partition coefficient (Wildman–Crippen LogP) is 2.03. The van der Waals surface area contributed by atoms with Gasteiger partial charge in [0.2, 0.25) is 0 Å². The summed E-state index contributed by atoms with van der Waals surface area (Å²) >= 11 is 0. The maximum Gasteiger partial charge on any atom is 0.303 e. The molecule has 0 aliphatic heterocycles. The average Bonchev–Trinajstić information content (AvgIpc) is 2.34. The Labute approximate surface area is 107 Å². The summed E-state index contributed by atoms with van der Waals surface area (Å²) in [6, 6.07) is 7.48. The highest BCUT2D eigenvalue weighted by atomic mass is 16.4. The van der Waals surface area contributed by atoms with Gasteiger partial charge in [-0.05, 0) is 32.4 Å². The fourth-order valence-corrected chi connectivity index (χ4v) is 1.68. The smallest absolute Gasteiger partial charge is 0.303 e. The highest BCUT2D eigenvalue weighted by molar-refractivity contribution is 5.66. The molecular formula is C13H17N3O2. The number of aromatic nitrogens is 1. The maximum absolute atomic E-state index is 10.5. The molecule has 0 saturated heterocycles. The van der Waals surface area contributed by atoms with Gasteiger partial charge in [-0.3, -0.25) is 4.79 Å². The van der Waals surface area contributed by atoms with Gasteiger partial charge in [-0.1, -0.05) is 6.07 Å². The number of nitriles is 1. The molecule has 1 rings (SSSR count). The number of pyridine rings is 1. The van der Waals surface area contributed by atoms with Gasteiger partial charge in [-0.2, -0.15) is 5.26 Å². The maximum atomic E-state index is 10.5. The molecule has 0 saturated carbocycles. The largest absolute Gasteiger partial charge is 0.481 e. The van der Waals surface area contributed by atoms with E-state index in [2.05, 4.69) is 4.98 Å².